The molecule has 3 nitrogen and oxygen atoms in total. The SMILES string of the molecule is NNC(c1cccnc1)c1cccc(F)c1Br. The molecule has 0 aliphatic heterocycles. The summed E-state index contributed by atoms with van der Waals surface area (Å²) >= 11 is 3.23. The molecule has 0 bridgehead atoms. The molecule has 1 unspecified atom stereocenters. The van der Waals surface area contributed by atoms with Crippen LogP contribution in [0.2, 0.25) is 0 Å². The Morgan fingerprint density at radius 3 is 2.76 bits per heavy atom. The largest absolute Gasteiger partial charge is 0.271 e. The van der Waals surface area contributed by atoms with Gasteiger partial charge in [-0.05, 0) is 39.2 Å². The van der Waals surface area contributed by atoms with Gasteiger partial charge in [-0.3, -0.25) is 10.8 Å². The maximum Gasteiger partial charge on any atom is 0.137 e. The van der Waals surface area contributed by atoms with Crippen LogP contribution >= 0.6 is 15.9 Å². The van der Waals surface area contributed by atoms with E-state index in [9.17, 15) is 4.39 Å². The van der Waals surface area contributed by atoms with Crippen LogP contribution in [0.15, 0.2) is 47.2 Å². The smallest absolute Gasteiger partial charge is 0.137 e. The number of benzene rings is 1. The normalized spacial score (nSPS) is 12.4. The van der Waals surface area contributed by atoms with E-state index in [4.69, 9.17) is 5.84 Å². The van der Waals surface area contributed by atoms with Gasteiger partial charge in [0.25, 0.3) is 0 Å². The second kappa shape index (κ2) is 5.35. The number of pyridine rings is 1. The van der Waals surface area contributed by atoms with Crippen LogP contribution in [0, 0.1) is 5.82 Å². The number of hydrazine groups is 1. The molecule has 0 aliphatic rings. The molecular weight excluding hydrogens is 285 g/mol. The molecule has 88 valence electrons. The first-order chi connectivity index (χ1) is 8.24. The highest BCUT2D eigenvalue weighted by atomic mass is 79.9. The van der Waals surface area contributed by atoms with Gasteiger partial charge in [0.05, 0.1) is 10.5 Å². The van der Waals surface area contributed by atoms with Crippen molar-refractivity contribution in [2.75, 3.05) is 0 Å². The van der Waals surface area contributed by atoms with Crippen LogP contribution in [0.4, 0.5) is 4.39 Å². The Kier molecular flexibility index (Phi) is 3.83. The molecular formula is C12H11BrFN3. The molecule has 2 rings (SSSR count). The van der Waals surface area contributed by atoms with Crippen molar-refractivity contribution in [3.63, 3.8) is 0 Å². The minimum Gasteiger partial charge on any atom is -0.271 e. The first kappa shape index (κ1) is 12.2. The predicted octanol–water partition coefficient (Wildman–Crippen LogP) is 2.54. The quantitative estimate of drug-likeness (QED) is 0.676. The Hall–Kier alpha value is -1.30. The second-order valence-electron chi connectivity index (χ2n) is 3.53. The highest BCUT2D eigenvalue weighted by Crippen LogP contribution is 2.29. The molecule has 17 heavy (non-hydrogen) atoms. The van der Waals surface area contributed by atoms with Crippen LogP contribution in [0.1, 0.15) is 17.2 Å². The number of rotatable bonds is 3. The van der Waals surface area contributed by atoms with Gasteiger partial charge in [-0.25, -0.2) is 9.82 Å². The minimum atomic E-state index is -0.313. The van der Waals surface area contributed by atoms with Crippen LogP contribution < -0.4 is 11.3 Å². The van der Waals surface area contributed by atoms with Crippen LogP contribution in [-0.4, -0.2) is 4.98 Å². The number of halogens is 2. The topological polar surface area (TPSA) is 50.9 Å². The molecule has 0 amide bonds. The van der Waals surface area contributed by atoms with Crippen molar-refractivity contribution >= 4 is 15.9 Å². The van der Waals surface area contributed by atoms with Crippen molar-refractivity contribution in [1.29, 1.82) is 0 Å². The minimum absolute atomic E-state index is 0.297. The lowest BCUT2D eigenvalue weighted by molar-refractivity contribution is 0.596. The summed E-state index contributed by atoms with van der Waals surface area (Å²) in [5.41, 5.74) is 4.28. The first-order valence-electron chi connectivity index (χ1n) is 5.04. The molecule has 3 N–H and O–H groups in total. The Morgan fingerprint density at radius 2 is 2.12 bits per heavy atom. The molecule has 2 aromatic rings. The van der Waals surface area contributed by atoms with Gasteiger partial charge in [-0.1, -0.05) is 18.2 Å². The summed E-state index contributed by atoms with van der Waals surface area (Å²) in [6.07, 6.45) is 3.37. The second-order valence-corrected chi connectivity index (χ2v) is 4.32. The fourth-order valence-electron chi connectivity index (χ4n) is 1.66. The Morgan fingerprint density at radius 1 is 1.29 bits per heavy atom. The fraction of sp³-hybridized carbons (Fsp3) is 0.0833. The molecule has 5 heteroatoms. The standard InChI is InChI=1S/C12H11BrFN3/c13-11-9(4-1-5-10(11)14)12(17-15)8-3-2-6-16-7-8/h1-7,12,17H,15H2. The summed E-state index contributed by atoms with van der Waals surface area (Å²) in [4.78, 5) is 4.03. The van der Waals surface area contributed by atoms with Crippen LogP contribution in [0.5, 0.6) is 0 Å². The fourth-order valence-corrected chi connectivity index (χ4v) is 2.15. The summed E-state index contributed by atoms with van der Waals surface area (Å²) in [7, 11) is 0. The van der Waals surface area contributed by atoms with Gasteiger partial charge in [0.15, 0.2) is 0 Å². The zero-order valence-electron chi connectivity index (χ0n) is 8.90. The number of hydrogen-bond acceptors (Lipinski definition) is 3. The van der Waals surface area contributed by atoms with Crippen LogP contribution in [0.3, 0.4) is 0 Å². The average Bonchev–Trinajstić information content (AvgIpc) is 2.37. The summed E-state index contributed by atoms with van der Waals surface area (Å²) in [5.74, 6) is 5.22. The van der Waals surface area contributed by atoms with Gasteiger partial charge in [-0.15, -0.1) is 0 Å². The lowest BCUT2D eigenvalue weighted by Gasteiger charge is -2.18. The van der Waals surface area contributed by atoms with Gasteiger partial charge in [0.2, 0.25) is 0 Å². The van der Waals surface area contributed by atoms with E-state index in [2.05, 4.69) is 26.3 Å². The highest BCUT2D eigenvalue weighted by Gasteiger charge is 2.17. The van der Waals surface area contributed by atoms with Gasteiger partial charge in [-0.2, -0.15) is 0 Å². The van der Waals surface area contributed by atoms with Crippen molar-refractivity contribution in [3.05, 3.63) is 64.1 Å². The highest BCUT2D eigenvalue weighted by molar-refractivity contribution is 9.10. The number of nitrogens with zero attached hydrogens (tertiary/aromatic N) is 1. The molecule has 1 aromatic heterocycles. The molecule has 0 radical (unpaired) electrons. The van der Waals surface area contributed by atoms with Crippen molar-refractivity contribution in [2.45, 2.75) is 6.04 Å². The van der Waals surface area contributed by atoms with Crippen LogP contribution in [-0.2, 0) is 0 Å². The van der Waals surface area contributed by atoms with Gasteiger partial charge in [0, 0.05) is 12.4 Å². The van der Waals surface area contributed by atoms with Crippen molar-refractivity contribution in [2.24, 2.45) is 5.84 Å². The molecule has 1 heterocycles. The van der Waals surface area contributed by atoms with Crippen LogP contribution in [0.25, 0.3) is 0 Å². The third kappa shape index (κ3) is 2.52. The average molecular weight is 296 g/mol. The summed E-state index contributed by atoms with van der Waals surface area (Å²) in [6, 6.07) is 8.25. The third-order valence-corrected chi connectivity index (χ3v) is 3.31. The molecule has 1 atom stereocenters. The summed E-state index contributed by atoms with van der Waals surface area (Å²) in [5, 5.41) is 0. The maximum absolute atomic E-state index is 13.5. The molecule has 0 fully saturated rings. The van der Waals surface area contributed by atoms with Gasteiger partial charge < -0.3 is 0 Å². The van der Waals surface area contributed by atoms with E-state index in [1.54, 1.807) is 18.5 Å². The summed E-state index contributed by atoms with van der Waals surface area (Å²) < 4.78 is 13.9. The Bertz CT molecular complexity index is 504. The van der Waals surface area contributed by atoms with Crippen molar-refractivity contribution < 1.29 is 4.39 Å². The predicted molar refractivity (Wildman–Crippen MR) is 67.5 cm³/mol. The van der Waals surface area contributed by atoms with E-state index in [-0.39, 0.29) is 11.9 Å². The number of nitrogens with one attached hydrogen (secondary N) is 1. The molecule has 0 saturated carbocycles. The lowest BCUT2D eigenvalue weighted by atomic mass is 10.0. The zero-order chi connectivity index (χ0) is 12.3. The Balaban J connectivity index is 2.46. The molecule has 0 saturated heterocycles. The van der Waals surface area contributed by atoms with E-state index in [0.717, 1.165) is 11.1 Å². The molecule has 0 aliphatic carbocycles. The lowest BCUT2D eigenvalue weighted by Crippen LogP contribution is -2.29. The van der Waals surface area contributed by atoms with E-state index < -0.39 is 0 Å². The molecule has 1 aromatic carbocycles. The van der Waals surface area contributed by atoms with Gasteiger partial charge in [0.1, 0.15) is 5.82 Å². The summed E-state index contributed by atoms with van der Waals surface area (Å²) in [6.45, 7) is 0. The van der Waals surface area contributed by atoms with E-state index in [0.29, 0.717) is 4.47 Å². The Labute approximate surface area is 107 Å². The zero-order valence-corrected chi connectivity index (χ0v) is 10.5. The van der Waals surface area contributed by atoms with Gasteiger partial charge >= 0.3 is 0 Å². The maximum atomic E-state index is 13.5. The third-order valence-electron chi connectivity index (χ3n) is 2.48. The number of hydrogen-bond donors (Lipinski definition) is 2. The van der Waals surface area contributed by atoms with E-state index in [1.807, 2.05) is 18.2 Å². The number of aromatic nitrogens is 1. The van der Waals surface area contributed by atoms with E-state index >= 15 is 0 Å². The molecule has 0 spiro atoms. The van der Waals surface area contributed by atoms with Crippen molar-refractivity contribution in [1.82, 2.24) is 10.4 Å². The monoisotopic (exact) mass is 295 g/mol. The van der Waals surface area contributed by atoms with Crippen molar-refractivity contribution in [3.8, 4) is 0 Å². The number of nitrogens with two attached hydrogens (primary N) is 1. The first-order valence-corrected chi connectivity index (χ1v) is 5.83. The van der Waals surface area contributed by atoms with E-state index in [1.165, 1.54) is 6.07 Å².